The number of aliphatic imine (C=N–C) groups is 1. The van der Waals surface area contributed by atoms with Gasteiger partial charge in [-0.1, -0.05) is 43.5 Å². The molecule has 1 amide bonds. The Morgan fingerprint density at radius 2 is 1.90 bits per heavy atom. The number of methoxy groups -OCH3 is 1. The van der Waals surface area contributed by atoms with Crippen LogP contribution < -0.4 is 4.74 Å². The molecule has 2 aliphatic rings. The molecule has 29 heavy (non-hydrogen) atoms. The average Bonchev–Trinajstić information content (AvgIpc) is 3.04. The van der Waals surface area contributed by atoms with Crippen molar-refractivity contribution in [2.24, 2.45) is 4.99 Å². The zero-order valence-electron chi connectivity index (χ0n) is 16.3. The zero-order valence-corrected chi connectivity index (χ0v) is 18.7. The maximum absolute atomic E-state index is 13.3. The number of ether oxygens (including phenoxy) is 1. The smallest absolute Gasteiger partial charge is 0.267 e. The maximum atomic E-state index is 13.3. The second-order valence-electron chi connectivity index (χ2n) is 7.20. The molecule has 0 N–H and O–H groups in total. The summed E-state index contributed by atoms with van der Waals surface area (Å²) in [6.45, 7) is 0. The Morgan fingerprint density at radius 3 is 2.59 bits per heavy atom. The Morgan fingerprint density at radius 1 is 1.14 bits per heavy atom. The standard InChI is InChI=1S/C23H23BrN2O2S/c1-28-20-13-12-16(14-19(20)24)15-21-22(27)26(18-10-6-3-7-11-18)23(29-21)25-17-8-4-2-5-9-17/h2,4-5,8-9,12-15,18H,3,6-7,10-11H2,1H3/b21-15-,25-23?. The lowest BCUT2D eigenvalue weighted by Gasteiger charge is -2.30. The number of para-hydroxylation sites is 1. The molecule has 1 heterocycles. The van der Waals surface area contributed by atoms with Crippen molar-refractivity contribution in [1.29, 1.82) is 0 Å². The predicted octanol–water partition coefficient (Wildman–Crippen LogP) is 6.39. The van der Waals surface area contributed by atoms with E-state index in [1.165, 1.54) is 31.0 Å². The quantitative estimate of drug-likeness (QED) is 0.485. The van der Waals surface area contributed by atoms with E-state index in [9.17, 15) is 4.79 Å². The van der Waals surface area contributed by atoms with Gasteiger partial charge < -0.3 is 4.74 Å². The van der Waals surface area contributed by atoms with Gasteiger partial charge in [-0.3, -0.25) is 9.69 Å². The minimum atomic E-state index is 0.0588. The Kier molecular flexibility index (Phi) is 6.40. The van der Waals surface area contributed by atoms with Crippen molar-refractivity contribution in [3.8, 4) is 5.75 Å². The molecule has 1 saturated heterocycles. The van der Waals surface area contributed by atoms with Crippen LogP contribution in [0.1, 0.15) is 37.7 Å². The Bertz CT molecular complexity index is 953. The van der Waals surface area contributed by atoms with E-state index in [1.54, 1.807) is 7.11 Å². The summed E-state index contributed by atoms with van der Waals surface area (Å²) in [5.74, 6) is 0.830. The highest BCUT2D eigenvalue weighted by Gasteiger charge is 2.38. The van der Waals surface area contributed by atoms with Gasteiger partial charge in [0.1, 0.15) is 5.75 Å². The van der Waals surface area contributed by atoms with E-state index in [0.717, 1.165) is 39.5 Å². The lowest BCUT2D eigenvalue weighted by atomic mass is 9.94. The number of carbonyl (C=O) groups excluding carboxylic acids is 1. The number of hydrogen-bond acceptors (Lipinski definition) is 4. The summed E-state index contributed by atoms with van der Waals surface area (Å²) in [6.07, 6.45) is 7.62. The van der Waals surface area contributed by atoms with Gasteiger partial charge in [-0.15, -0.1) is 0 Å². The fourth-order valence-electron chi connectivity index (χ4n) is 3.76. The first kappa shape index (κ1) is 20.2. The summed E-state index contributed by atoms with van der Waals surface area (Å²) in [6, 6.07) is 15.9. The molecule has 2 aromatic rings. The minimum absolute atomic E-state index is 0.0588. The van der Waals surface area contributed by atoms with E-state index in [4.69, 9.17) is 9.73 Å². The van der Waals surface area contributed by atoms with Gasteiger partial charge in [0.05, 0.1) is 22.2 Å². The summed E-state index contributed by atoms with van der Waals surface area (Å²) in [5, 5.41) is 0.784. The molecule has 4 rings (SSSR count). The first-order chi connectivity index (χ1) is 14.2. The Balaban J connectivity index is 1.68. The fraction of sp³-hybridized carbons (Fsp3) is 0.304. The van der Waals surface area contributed by atoms with Crippen molar-refractivity contribution in [1.82, 2.24) is 4.90 Å². The number of amides is 1. The number of halogens is 1. The molecule has 1 aliphatic heterocycles. The second kappa shape index (κ2) is 9.18. The van der Waals surface area contributed by atoms with Crippen LogP contribution in [0, 0.1) is 0 Å². The van der Waals surface area contributed by atoms with Crippen molar-refractivity contribution >= 4 is 50.5 Å². The first-order valence-corrected chi connectivity index (χ1v) is 11.5. The van der Waals surface area contributed by atoms with Crippen molar-refractivity contribution in [3.05, 3.63) is 63.5 Å². The molecule has 0 spiro atoms. The molecule has 0 unspecified atom stereocenters. The predicted molar refractivity (Wildman–Crippen MR) is 124 cm³/mol. The van der Waals surface area contributed by atoms with Gasteiger partial charge in [0.25, 0.3) is 5.91 Å². The van der Waals surface area contributed by atoms with Gasteiger partial charge in [0, 0.05) is 6.04 Å². The highest BCUT2D eigenvalue weighted by Crippen LogP contribution is 2.39. The Labute approximate surface area is 184 Å². The largest absolute Gasteiger partial charge is 0.496 e. The third kappa shape index (κ3) is 4.59. The van der Waals surface area contributed by atoms with Crippen molar-refractivity contribution in [3.63, 3.8) is 0 Å². The normalized spacial score (nSPS) is 20.6. The van der Waals surface area contributed by atoms with Gasteiger partial charge in [-0.05, 0) is 76.4 Å². The molecular formula is C23H23BrN2O2S. The van der Waals surface area contributed by atoms with Gasteiger partial charge in [-0.25, -0.2) is 4.99 Å². The molecular weight excluding hydrogens is 448 g/mol. The number of benzene rings is 2. The number of hydrogen-bond donors (Lipinski definition) is 0. The van der Waals surface area contributed by atoms with E-state index >= 15 is 0 Å². The molecule has 4 nitrogen and oxygen atoms in total. The lowest BCUT2D eigenvalue weighted by Crippen LogP contribution is -2.40. The summed E-state index contributed by atoms with van der Waals surface area (Å²) < 4.78 is 6.17. The summed E-state index contributed by atoms with van der Waals surface area (Å²) in [4.78, 5) is 20.8. The second-order valence-corrected chi connectivity index (χ2v) is 9.06. The number of nitrogens with zero attached hydrogens (tertiary/aromatic N) is 2. The van der Waals surface area contributed by atoms with Crippen LogP contribution in [0.2, 0.25) is 0 Å². The molecule has 0 atom stereocenters. The van der Waals surface area contributed by atoms with Crippen LogP contribution in [-0.2, 0) is 4.79 Å². The number of amidine groups is 1. The van der Waals surface area contributed by atoms with Crippen LogP contribution in [0.3, 0.4) is 0 Å². The molecule has 2 aromatic carbocycles. The fourth-order valence-corrected chi connectivity index (χ4v) is 5.38. The molecule has 6 heteroatoms. The van der Waals surface area contributed by atoms with E-state index in [1.807, 2.05) is 59.5 Å². The maximum Gasteiger partial charge on any atom is 0.267 e. The van der Waals surface area contributed by atoms with E-state index in [0.29, 0.717) is 4.91 Å². The average molecular weight is 471 g/mol. The van der Waals surface area contributed by atoms with Gasteiger partial charge in [0.15, 0.2) is 5.17 Å². The van der Waals surface area contributed by atoms with Crippen LogP contribution in [0.5, 0.6) is 5.75 Å². The molecule has 1 saturated carbocycles. The van der Waals surface area contributed by atoms with Crippen LogP contribution >= 0.6 is 27.7 Å². The summed E-state index contributed by atoms with van der Waals surface area (Å²) in [5.41, 5.74) is 1.83. The highest BCUT2D eigenvalue weighted by molar-refractivity contribution is 9.10. The van der Waals surface area contributed by atoms with E-state index < -0.39 is 0 Å². The van der Waals surface area contributed by atoms with Crippen molar-refractivity contribution < 1.29 is 9.53 Å². The summed E-state index contributed by atoms with van der Waals surface area (Å²) in [7, 11) is 1.64. The molecule has 0 radical (unpaired) electrons. The third-order valence-electron chi connectivity index (χ3n) is 5.23. The van der Waals surface area contributed by atoms with Crippen molar-refractivity contribution in [2.45, 2.75) is 38.1 Å². The first-order valence-electron chi connectivity index (χ1n) is 9.86. The molecule has 2 fully saturated rings. The summed E-state index contributed by atoms with van der Waals surface area (Å²) >= 11 is 4.99. The molecule has 0 aromatic heterocycles. The Hall–Kier alpha value is -2.05. The monoisotopic (exact) mass is 470 g/mol. The topological polar surface area (TPSA) is 41.9 Å². The molecule has 1 aliphatic carbocycles. The van der Waals surface area contributed by atoms with Gasteiger partial charge >= 0.3 is 0 Å². The lowest BCUT2D eigenvalue weighted by molar-refractivity contribution is -0.124. The van der Waals surface area contributed by atoms with Crippen LogP contribution in [-0.4, -0.2) is 29.1 Å². The van der Waals surface area contributed by atoms with Crippen LogP contribution in [0.15, 0.2) is 62.9 Å². The molecule has 0 bridgehead atoms. The third-order valence-corrected chi connectivity index (χ3v) is 6.83. The number of carbonyl (C=O) groups is 1. The van der Waals surface area contributed by atoms with Crippen LogP contribution in [0.4, 0.5) is 5.69 Å². The van der Waals surface area contributed by atoms with E-state index in [2.05, 4.69) is 15.9 Å². The highest BCUT2D eigenvalue weighted by atomic mass is 79.9. The van der Waals surface area contributed by atoms with Gasteiger partial charge in [-0.2, -0.15) is 0 Å². The zero-order chi connectivity index (χ0) is 20.2. The molecule has 150 valence electrons. The minimum Gasteiger partial charge on any atom is -0.496 e. The van der Waals surface area contributed by atoms with Gasteiger partial charge in [0.2, 0.25) is 0 Å². The SMILES string of the molecule is COc1ccc(/C=C2\SC(=Nc3ccccc3)N(C3CCCCC3)C2=O)cc1Br. The number of rotatable bonds is 4. The van der Waals surface area contributed by atoms with E-state index in [-0.39, 0.29) is 11.9 Å². The van der Waals surface area contributed by atoms with Crippen molar-refractivity contribution in [2.75, 3.05) is 7.11 Å². The van der Waals surface area contributed by atoms with Crippen LogP contribution in [0.25, 0.3) is 6.08 Å². The number of thioether (sulfide) groups is 1.